The molecule has 0 radical (unpaired) electrons. The minimum Gasteiger partial charge on any atom is -0.494 e. The lowest BCUT2D eigenvalue weighted by atomic mass is 10.1. The molecule has 0 aliphatic carbocycles. The highest BCUT2D eigenvalue weighted by Gasteiger charge is 2.18. The third kappa shape index (κ3) is 7.10. The zero-order valence-electron chi connectivity index (χ0n) is 17.8. The van der Waals surface area contributed by atoms with E-state index in [2.05, 4.69) is 0 Å². The van der Waals surface area contributed by atoms with Gasteiger partial charge in [0.25, 0.3) is 10.1 Å². The van der Waals surface area contributed by atoms with Crippen molar-refractivity contribution in [3.05, 3.63) is 83.4 Å². The molecule has 3 rings (SSSR count). The molecule has 0 N–H and O–H groups in total. The molecule has 0 amide bonds. The van der Waals surface area contributed by atoms with Crippen LogP contribution in [0.15, 0.2) is 77.7 Å². The number of benzene rings is 3. The average Bonchev–Trinajstić information content (AvgIpc) is 2.74. The highest BCUT2D eigenvalue weighted by atomic mass is 35.5. The van der Waals surface area contributed by atoms with Gasteiger partial charge in [-0.1, -0.05) is 53.6 Å². The van der Waals surface area contributed by atoms with Crippen molar-refractivity contribution in [2.24, 2.45) is 0 Å². The number of halogens is 1. The van der Waals surface area contributed by atoms with Gasteiger partial charge >= 0.3 is 0 Å². The fraction of sp³-hybridized carbons (Fsp3) is 0.280. The summed E-state index contributed by atoms with van der Waals surface area (Å²) in [7, 11) is -3.73. The molecule has 0 fully saturated rings. The Morgan fingerprint density at radius 3 is 2.03 bits per heavy atom. The molecule has 0 aliphatic rings. The summed E-state index contributed by atoms with van der Waals surface area (Å²) in [5.41, 5.74) is 3.21. The highest BCUT2D eigenvalue weighted by molar-refractivity contribution is 7.86. The van der Waals surface area contributed by atoms with Crippen molar-refractivity contribution in [1.29, 1.82) is 0 Å². The van der Waals surface area contributed by atoms with Crippen molar-refractivity contribution >= 4 is 21.7 Å². The number of aryl methyl sites for hydroxylation is 1. The van der Waals surface area contributed by atoms with Gasteiger partial charge in [-0.25, -0.2) is 0 Å². The first-order valence-corrected chi connectivity index (χ1v) is 12.1. The molecule has 0 saturated carbocycles. The van der Waals surface area contributed by atoms with Crippen LogP contribution < -0.4 is 4.74 Å². The minimum absolute atomic E-state index is 0.190. The molecule has 164 valence electrons. The van der Waals surface area contributed by atoms with Crippen LogP contribution in [0.1, 0.15) is 31.7 Å². The first kappa shape index (κ1) is 23.3. The SMILES string of the molecule is Cc1ccc(S(=O)(=O)OC(C)CCCCOc2ccc(-c3ccc(Cl)cc3)cc2)cc1. The van der Waals surface area contributed by atoms with E-state index < -0.39 is 10.1 Å². The Labute approximate surface area is 189 Å². The Hall–Kier alpha value is -2.34. The summed E-state index contributed by atoms with van der Waals surface area (Å²) in [5.74, 6) is 0.809. The Bertz CT molecular complexity index is 1060. The normalized spacial score (nSPS) is 12.5. The maximum atomic E-state index is 12.3. The molecule has 0 aliphatic heterocycles. The van der Waals surface area contributed by atoms with Crippen LogP contribution >= 0.6 is 11.6 Å². The molecule has 0 heterocycles. The van der Waals surface area contributed by atoms with E-state index in [0.717, 1.165) is 40.3 Å². The molecule has 3 aromatic carbocycles. The highest BCUT2D eigenvalue weighted by Crippen LogP contribution is 2.24. The topological polar surface area (TPSA) is 52.6 Å². The Morgan fingerprint density at radius 1 is 0.839 bits per heavy atom. The van der Waals surface area contributed by atoms with E-state index in [9.17, 15) is 8.42 Å². The van der Waals surface area contributed by atoms with Crippen molar-refractivity contribution < 1.29 is 17.3 Å². The van der Waals surface area contributed by atoms with Crippen LogP contribution in [0.2, 0.25) is 5.02 Å². The predicted molar refractivity (Wildman–Crippen MR) is 125 cm³/mol. The third-order valence-electron chi connectivity index (χ3n) is 4.91. The summed E-state index contributed by atoms with van der Waals surface area (Å²) < 4.78 is 35.8. The Morgan fingerprint density at radius 2 is 1.42 bits per heavy atom. The molecule has 4 nitrogen and oxygen atoms in total. The molecular weight excluding hydrogens is 432 g/mol. The van der Waals surface area contributed by atoms with Crippen molar-refractivity contribution in [3.63, 3.8) is 0 Å². The zero-order valence-corrected chi connectivity index (χ0v) is 19.3. The summed E-state index contributed by atoms with van der Waals surface area (Å²) in [6.45, 7) is 4.26. The van der Waals surface area contributed by atoms with Gasteiger partial charge in [-0.2, -0.15) is 8.42 Å². The summed E-state index contributed by atoms with van der Waals surface area (Å²) in [4.78, 5) is 0.190. The number of rotatable bonds is 10. The number of unbranched alkanes of at least 4 members (excludes halogenated alkanes) is 1. The second-order valence-corrected chi connectivity index (χ2v) is 9.56. The van der Waals surface area contributed by atoms with Crippen molar-refractivity contribution in [1.82, 2.24) is 0 Å². The lowest BCUT2D eigenvalue weighted by molar-refractivity contribution is 0.208. The van der Waals surface area contributed by atoms with Gasteiger partial charge in [-0.05, 0) is 80.6 Å². The average molecular weight is 459 g/mol. The minimum atomic E-state index is -3.73. The standard InChI is InChI=1S/C25H27ClO4S/c1-19-6-16-25(17-7-19)31(27,28)30-20(2)5-3-4-18-29-24-14-10-22(11-15-24)21-8-12-23(26)13-9-21/h6-17,20H,3-5,18H2,1-2H3. The molecule has 0 bridgehead atoms. The van der Waals surface area contributed by atoms with Crippen molar-refractivity contribution in [2.45, 2.75) is 44.1 Å². The quantitative estimate of drug-likeness (QED) is 0.252. The predicted octanol–water partition coefficient (Wildman–Crippen LogP) is 6.66. The zero-order chi connectivity index (χ0) is 22.3. The van der Waals surface area contributed by atoms with Crippen LogP contribution in [0.25, 0.3) is 11.1 Å². The van der Waals surface area contributed by atoms with E-state index in [1.54, 1.807) is 31.2 Å². The van der Waals surface area contributed by atoms with E-state index in [1.165, 1.54) is 0 Å². The fourth-order valence-electron chi connectivity index (χ4n) is 3.13. The molecule has 0 saturated heterocycles. The summed E-state index contributed by atoms with van der Waals surface area (Å²) in [6, 6.07) is 22.3. The fourth-order valence-corrected chi connectivity index (χ4v) is 4.37. The molecule has 0 spiro atoms. The van der Waals surface area contributed by atoms with Crippen molar-refractivity contribution in [3.8, 4) is 16.9 Å². The van der Waals surface area contributed by atoms with Gasteiger partial charge < -0.3 is 4.74 Å². The van der Waals surface area contributed by atoms with Gasteiger partial charge in [-0.15, -0.1) is 0 Å². The van der Waals surface area contributed by atoms with Gasteiger partial charge in [0.05, 0.1) is 17.6 Å². The second-order valence-electron chi connectivity index (χ2n) is 7.55. The molecule has 31 heavy (non-hydrogen) atoms. The number of hydrogen-bond donors (Lipinski definition) is 0. The smallest absolute Gasteiger partial charge is 0.297 e. The van der Waals surface area contributed by atoms with Gasteiger partial charge in [-0.3, -0.25) is 4.18 Å². The Balaban J connectivity index is 1.38. The van der Waals surface area contributed by atoms with E-state index in [4.69, 9.17) is 20.5 Å². The maximum Gasteiger partial charge on any atom is 0.297 e. The van der Waals surface area contributed by atoms with E-state index in [1.807, 2.05) is 55.5 Å². The first-order valence-electron chi connectivity index (χ1n) is 10.3. The lowest BCUT2D eigenvalue weighted by Gasteiger charge is -2.13. The van der Waals surface area contributed by atoms with E-state index in [-0.39, 0.29) is 11.0 Å². The number of ether oxygens (including phenoxy) is 1. The summed E-state index contributed by atoms with van der Waals surface area (Å²) in [5, 5.41) is 0.719. The van der Waals surface area contributed by atoms with Crippen LogP contribution in [0, 0.1) is 6.92 Å². The second kappa shape index (κ2) is 10.8. The monoisotopic (exact) mass is 458 g/mol. The lowest BCUT2D eigenvalue weighted by Crippen LogP contribution is -2.16. The summed E-state index contributed by atoms with van der Waals surface area (Å²) in [6.07, 6.45) is 1.89. The molecule has 1 unspecified atom stereocenters. The molecule has 6 heteroatoms. The van der Waals surface area contributed by atoms with Crippen LogP contribution in [0.5, 0.6) is 5.75 Å². The first-order chi connectivity index (χ1) is 14.8. The van der Waals surface area contributed by atoms with Gasteiger partial charge in [0, 0.05) is 5.02 Å². The van der Waals surface area contributed by atoms with Gasteiger partial charge in [0.2, 0.25) is 0 Å². The molecular formula is C25H27ClO4S. The van der Waals surface area contributed by atoms with E-state index in [0.29, 0.717) is 13.0 Å². The van der Waals surface area contributed by atoms with Gasteiger partial charge in [0.15, 0.2) is 0 Å². The maximum absolute atomic E-state index is 12.3. The number of hydrogen-bond acceptors (Lipinski definition) is 4. The molecule has 3 aromatic rings. The molecule has 0 aromatic heterocycles. The van der Waals surface area contributed by atoms with Crippen molar-refractivity contribution in [2.75, 3.05) is 6.61 Å². The van der Waals surface area contributed by atoms with Crippen LogP contribution in [0.4, 0.5) is 0 Å². The third-order valence-corrected chi connectivity index (χ3v) is 6.59. The van der Waals surface area contributed by atoms with Crippen LogP contribution in [-0.4, -0.2) is 21.1 Å². The Kier molecular flexibility index (Phi) is 8.13. The largest absolute Gasteiger partial charge is 0.494 e. The molecule has 1 atom stereocenters. The van der Waals surface area contributed by atoms with Crippen LogP contribution in [-0.2, 0) is 14.3 Å². The summed E-state index contributed by atoms with van der Waals surface area (Å²) >= 11 is 5.93. The van der Waals surface area contributed by atoms with Gasteiger partial charge in [0.1, 0.15) is 5.75 Å². The van der Waals surface area contributed by atoms with Crippen LogP contribution in [0.3, 0.4) is 0 Å². The van der Waals surface area contributed by atoms with E-state index >= 15 is 0 Å².